The van der Waals surface area contributed by atoms with E-state index in [0.29, 0.717) is 17.2 Å². The number of nitrogens with zero attached hydrogens (tertiary/aromatic N) is 1. The van der Waals surface area contributed by atoms with Gasteiger partial charge < -0.3 is 42.6 Å². The summed E-state index contributed by atoms with van der Waals surface area (Å²) in [5.74, 6) is 1.43. The summed E-state index contributed by atoms with van der Waals surface area (Å²) in [5, 5.41) is 16.4. The average Bonchev–Trinajstić information content (AvgIpc) is 3.24. The summed E-state index contributed by atoms with van der Waals surface area (Å²) in [6.45, 7) is 5.53. The molecule has 2 unspecified atom stereocenters. The number of aliphatic hydroxyl groups excluding tert-OH is 1. The number of aliphatic hydroxyl groups is 1. The molecule has 1 aromatic heterocycles. The number of carbonyl (C=O) groups is 1. The van der Waals surface area contributed by atoms with Gasteiger partial charge >= 0.3 is 0 Å². The highest BCUT2D eigenvalue weighted by atomic mass is 35.5. The number of ether oxygens (including phenoxy) is 2. The van der Waals surface area contributed by atoms with Crippen LogP contribution in [0, 0.1) is 13.8 Å². The molecule has 0 saturated heterocycles. The zero-order chi connectivity index (χ0) is 22.7. The molecule has 32 heavy (non-hydrogen) atoms. The highest BCUT2D eigenvalue weighted by molar-refractivity contribution is 5.96. The lowest BCUT2D eigenvalue weighted by Gasteiger charge is -2.15. The number of aryl methyl sites for hydroxylation is 1. The molecule has 0 bridgehead atoms. The molecule has 0 aliphatic rings. The number of hydrogen-bond acceptors (Lipinski definition) is 6. The molecule has 0 spiro atoms. The molecule has 1 heterocycles. The summed E-state index contributed by atoms with van der Waals surface area (Å²) in [4.78, 5) is 12.4. The zero-order valence-electron chi connectivity index (χ0n) is 18.7. The van der Waals surface area contributed by atoms with Crippen molar-refractivity contribution in [1.82, 2.24) is 5.16 Å². The van der Waals surface area contributed by atoms with E-state index in [1.165, 1.54) is 14.0 Å². The summed E-state index contributed by atoms with van der Waals surface area (Å²) in [5.41, 5.74) is 8.66. The third-order valence-corrected chi connectivity index (χ3v) is 5.36. The van der Waals surface area contributed by atoms with Gasteiger partial charge in [-0.2, -0.15) is 0 Å². The molecule has 172 valence electrons. The normalized spacial score (nSPS) is 12.5. The molecule has 3 aromatic rings. The van der Waals surface area contributed by atoms with Crippen molar-refractivity contribution in [2.75, 3.05) is 19.5 Å². The van der Waals surface area contributed by atoms with Crippen LogP contribution in [0.25, 0.3) is 22.5 Å². The first-order chi connectivity index (χ1) is 14.8. The number of amides is 1. The molecular weight excluding hydrogens is 434 g/mol. The number of hydrogen-bond donors (Lipinski definition) is 3. The molecule has 3 rings (SSSR count). The van der Waals surface area contributed by atoms with Crippen molar-refractivity contribution in [1.29, 1.82) is 0 Å². The van der Waals surface area contributed by atoms with Crippen molar-refractivity contribution in [3.63, 3.8) is 0 Å². The van der Waals surface area contributed by atoms with Crippen LogP contribution in [-0.2, 0) is 4.79 Å². The lowest BCUT2D eigenvalue weighted by molar-refractivity contribution is -0.418. The Labute approximate surface area is 193 Å². The number of quaternary nitrogens is 1. The topological polar surface area (TPSA) is 121 Å². The van der Waals surface area contributed by atoms with E-state index in [0.717, 1.165) is 33.6 Å². The van der Waals surface area contributed by atoms with E-state index in [1.807, 2.05) is 32.0 Å². The van der Waals surface area contributed by atoms with Gasteiger partial charge in [-0.05, 0) is 61.7 Å². The summed E-state index contributed by atoms with van der Waals surface area (Å²) >= 11 is 0. The van der Waals surface area contributed by atoms with E-state index >= 15 is 0 Å². The molecule has 0 saturated carbocycles. The highest BCUT2D eigenvalue weighted by Gasteiger charge is 2.24. The van der Waals surface area contributed by atoms with Gasteiger partial charge in [0, 0.05) is 11.1 Å². The fourth-order valence-corrected chi connectivity index (χ4v) is 3.24. The number of rotatable bonds is 7. The van der Waals surface area contributed by atoms with Gasteiger partial charge in [0.2, 0.25) is 0 Å². The van der Waals surface area contributed by atoms with E-state index < -0.39 is 18.1 Å². The smallest absolute Gasteiger partial charge is 0.285 e. The first-order valence-corrected chi connectivity index (χ1v) is 9.87. The lowest BCUT2D eigenvalue weighted by Crippen LogP contribution is -3.00. The second-order valence-electron chi connectivity index (χ2n) is 7.44. The molecule has 0 radical (unpaired) electrons. The number of nitrogens with one attached hydrogen (secondary N) is 1. The SMILES string of the molecule is COc1ccc(-c2cnoc2-c2cc(C)c(C)c(OC)c2)cc1NC(=O)C([NH3+])C(C)O.[Cl-]. The molecule has 1 amide bonds. The third kappa shape index (κ3) is 5.04. The van der Waals surface area contributed by atoms with Crippen molar-refractivity contribution < 1.29 is 42.0 Å². The largest absolute Gasteiger partial charge is 1.00 e. The molecule has 5 N–H and O–H groups in total. The van der Waals surface area contributed by atoms with Crippen molar-refractivity contribution in [3.05, 3.63) is 47.7 Å². The molecule has 0 fully saturated rings. The van der Waals surface area contributed by atoms with Crippen molar-refractivity contribution in [3.8, 4) is 33.9 Å². The predicted molar refractivity (Wildman–Crippen MR) is 117 cm³/mol. The van der Waals surface area contributed by atoms with Gasteiger partial charge in [0.15, 0.2) is 11.8 Å². The minimum Gasteiger partial charge on any atom is -1.00 e. The maximum atomic E-state index is 12.4. The van der Waals surface area contributed by atoms with Crippen LogP contribution in [-0.4, -0.2) is 42.5 Å². The Morgan fingerprint density at radius 3 is 2.44 bits per heavy atom. The first-order valence-electron chi connectivity index (χ1n) is 9.87. The Bertz CT molecular complexity index is 1100. The van der Waals surface area contributed by atoms with E-state index in [-0.39, 0.29) is 12.4 Å². The van der Waals surface area contributed by atoms with Crippen molar-refractivity contribution >= 4 is 11.6 Å². The van der Waals surface area contributed by atoms with Crippen molar-refractivity contribution in [2.24, 2.45) is 0 Å². The summed E-state index contributed by atoms with van der Waals surface area (Å²) in [6.07, 6.45) is 0.753. The van der Waals surface area contributed by atoms with Crippen LogP contribution < -0.4 is 32.9 Å². The fraction of sp³-hybridized carbons (Fsp3) is 0.304. The predicted octanol–water partition coefficient (Wildman–Crippen LogP) is -0.424. The van der Waals surface area contributed by atoms with Gasteiger partial charge in [-0.3, -0.25) is 4.79 Å². The van der Waals surface area contributed by atoms with Crippen LogP contribution in [0.5, 0.6) is 11.5 Å². The van der Waals surface area contributed by atoms with Crippen LogP contribution in [0.2, 0.25) is 0 Å². The van der Waals surface area contributed by atoms with Crippen LogP contribution in [0.3, 0.4) is 0 Å². The Balaban J connectivity index is 0.00000363. The summed E-state index contributed by atoms with van der Waals surface area (Å²) < 4.78 is 16.5. The molecule has 2 atom stereocenters. The Kier molecular flexibility index (Phi) is 8.26. The van der Waals surface area contributed by atoms with Crippen LogP contribution >= 0.6 is 0 Å². The average molecular weight is 462 g/mol. The molecule has 2 aromatic carbocycles. The molecular formula is C23H28ClN3O5. The lowest BCUT2D eigenvalue weighted by atomic mass is 9.98. The van der Waals surface area contributed by atoms with Gasteiger partial charge in [-0.1, -0.05) is 11.2 Å². The minimum atomic E-state index is -0.876. The standard InChI is InChI=1S/C23H27N3O5.ClH/c1-12-8-16(10-20(30-5)13(12)2)22-17(11-25-31-22)15-6-7-19(29-4)18(9-15)26-23(28)21(24)14(3)27;/h6-11,14,21,27H,24H2,1-5H3,(H,26,28);1H. The molecule has 9 heteroatoms. The molecule has 0 aliphatic heterocycles. The zero-order valence-corrected chi connectivity index (χ0v) is 19.5. The first kappa shape index (κ1) is 25.2. The van der Waals surface area contributed by atoms with Gasteiger partial charge in [0.05, 0.1) is 26.1 Å². The van der Waals surface area contributed by atoms with Crippen LogP contribution in [0.4, 0.5) is 5.69 Å². The summed E-state index contributed by atoms with van der Waals surface area (Å²) in [6, 6.07) is 8.50. The van der Waals surface area contributed by atoms with Gasteiger partial charge in [0.25, 0.3) is 5.91 Å². The van der Waals surface area contributed by atoms with Crippen LogP contribution in [0.15, 0.2) is 41.1 Å². The van der Waals surface area contributed by atoms with E-state index in [1.54, 1.807) is 25.4 Å². The number of carbonyl (C=O) groups excluding carboxylic acids is 1. The van der Waals surface area contributed by atoms with Gasteiger partial charge in [-0.25, -0.2) is 0 Å². The van der Waals surface area contributed by atoms with Gasteiger partial charge in [-0.15, -0.1) is 0 Å². The fourth-order valence-electron chi connectivity index (χ4n) is 3.24. The van der Waals surface area contributed by atoms with E-state index in [9.17, 15) is 9.90 Å². The summed E-state index contributed by atoms with van der Waals surface area (Å²) in [7, 11) is 3.15. The maximum absolute atomic E-state index is 12.4. The number of aromatic nitrogens is 1. The number of halogens is 1. The van der Waals surface area contributed by atoms with Crippen LogP contribution in [0.1, 0.15) is 18.1 Å². The minimum absolute atomic E-state index is 0. The second kappa shape index (κ2) is 10.5. The monoisotopic (exact) mass is 461 g/mol. The molecule has 0 aliphatic carbocycles. The van der Waals surface area contributed by atoms with E-state index in [2.05, 4.69) is 16.2 Å². The molecule has 8 nitrogen and oxygen atoms in total. The Morgan fingerprint density at radius 2 is 1.81 bits per heavy atom. The number of benzene rings is 2. The second-order valence-corrected chi connectivity index (χ2v) is 7.44. The number of anilines is 1. The van der Waals surface area contributed by atoms with Crippen molar-refractivity contribution in [2.45, 2.75) is 32.9 Å². The Hall–Kier alpha value is -3.07. The Morgan fingerprint density at radius 1 is 1.12 bits per heavy atom. The van der Waals surface area contributed by atoms with E-state index in [4.69, 9.17) is 14.0 Å². The number of methoxy groups -OCH3 is 2. The van der Waals surface area contributed by atoms with Gasteiger partial charge in [0.1, 0.15) is 17.6 Å². The maximum Gasteiger partial charge on any atom is 0.285 e. The third-order valence-electron chi connectivity index (χ3n) is 5.36. The quantitative estimate of drug-likeness (QED) is 0.439. The highest BCUT2D eigenvalue weighted by Crippen LogP contribution is 2.38.